The molecule has 0 aliphatic rings. The van der Waals surface area contributed by atoms with Crippen LogP contribution < -0.4 is 20.1 Å². The zero-order valence-electron chi connectivity index (χ0n) is 16.4. The Morgan fingerprint density at radius 3 is 2.46 bits per heavy atom. The lowest BCUT2D eigenvalue weighted by atomic mass is 10.1. The number of hydrogen-bond donors (Lipinski definition) is 2. The molecule has 1 unspecified atom stereocenters. The van der Waals surface area contributed by atoms with Crippen LogP contribution >= 0.6 is 24.0 Å². The maximum atomic E-state index is 13.4. The zero-order chi connectivity index (χ0) is 19.8. The first-order valence-electron chi connectivity index (χ1n) is 8.70. The SMILES string of the molecule is CCOc1cc(CNC(=NC)NC(C)c2ccc(F)c(F)c2)ccc1OC.I. The van der Waals surface area contributed by atoms with Crippen LogP contribution in [0.5, 0.6) is 11.5 Å². The van der Waals surface area contributed by atoms with E-state index in [0.717, 1.165) is 11.6 Å². The average Bonchev–Trinajstić information content (AvgIpc) is 2.67. The van der Waals surface area contributed by atoms with Crippen LogP contribution in [0.1, 0.15) is 31.0 Å². The molecule has 0 bridgehead atoms. The number of methoxy groups -OCH3 is 1. The Hall–Kier alpha value is -2.10. The van der Waals surface area contributed by atoms with Crippen LogP contribution in [-0.2, 0) is 6.54 Å². The van der Waals surface area contributed by atoms with Crippen LogP contribution in [0.25, 0.3) is 0 Å². The molecule has 154 valence electrons. The van der Waals surface area contributed by atoms with E-state index in [1.807, 2.05) is 32.0 Å². The topological polar surface area (TPSA) is 54.9 Å². The van der Waals surface area contributed by atoms with E-state index < -0.39 is 11.6 Å². The van der Waals surface area contributed by atoms with E-state index in [-0.39, 0.29) is 30.0 Å². The monoisotopic (exact) mass is 505 g/mol. The highest BCUT2D eigenvalue weighted by Gasteiger charge is 2.11. The smallest absolute Gasteiger partial charge is 0.191 e. The predicted octanol–water partition coefficient (Wildman–Crippen LogP) is 4.42. The molecule has 2 N–H and O–H groups in total. The van der Waals surface area contributed by atoms with Gasteiger partial charge in [-0.05, 0) is 49.2 Å². The first-order chi connectivity index (χ1) is 13.0. The third-order valence-electron chi connectivity index (χ3n) is 4.01. The third-order valence-corrected chi connectivity index (χ3v) is 4.01. The van der Waals surface area contributed by atoms with E-state index in [0.29, 0.717) is 36.2 Å². The Labute approximate surface area is 181 Å². The highest BCUT2D eigenvalue weighted by molar-refractivity contribution is 14.0. The maximum Gasteiger partial charge on any atom is 0.191 e. The first-order valence-corrected chi connectivity index (χ1v) is 8.70. The molecule has 1 atom stereocenters. The van der Waals surface area contributed by atoms with Crippen molar-refractivity contribution in [2.75, 3.05) is 20.8 Å². The molecule has 0 saturated heterocycles. The summed E-state index contributed by atoms with van der Waals surface area (Å²) in [6.07, 6.45) is 0. The summed E-state index contributed by atoms with van der Waals surface area (Å²) in [6.45, 7) is 4.81. The lowest BCUT2D eigenvalue weighted by Gasteiger charge is -2.19. The van der Waals surface area contributed by atoms with E-state index in [1.54, 1.807) is 20.2 Å². The molecule has 2 aromatic carbocycles. The van der Waals surface area contributed by atoms with Crippen molar-refractivity contribution in [1.29, 1.82) is 0 Å². The third kappa shape index (κ3) is 6.50. The van der Waals surface area contributed by atoms with Gasteiger partial charge < -0.3 is 20.1 Å². The molecule has 0 aromatic heterocycles. The molecule has 0 spiro atoms. The van der Waals surface area contributed by atoms with Gasteiger partial charge in [0.2, 0.25) is 0 Å². The molecule has 2 rings (SSSR count). The van der Waals surface area contributed by atoms with Gasteiger partial charge in [0.1, 0.15) is 0 Å². The number of nitrogens with one attached hydrogen (secondary N) is 2. The molecule has 0 heterocycles. The fourth-order valence-electron chi connectivity index (χ4n) is 2.55. The average molecular weight is 505 g/mol. The van der Waals surface area contributed by atoms with Crippen molar-refractivity contribution in [3.8, 4) is 11.5 Å². The van der Waals surface area contributed by atoms with Gasteiger partial charge in [-0.2, -0.15) is 0 Å². The van der Waals surface area contributed by atoms with Gasteiger partial charge in [-0.1, -0.05) is 12.1 Å². The van der Waals surface area contributed by atoms with Gasteiger partial charge >= 0.3 is 0 Å². The second-order valence-electron chi connectivity index (χ2n) is 5.88. The van der Waals surface area contributed by atoms with E-state index >= 15 is 0 Å². The number of guanidine groups is 1. The number of nitrogens with zero attached hydrogens (tertiary/aromatic N) is 1. The summed E-state index contributed by atoms with van der Waals surface area (Å²) >= 11 is 0. The van der Waals surface area contributed by atoms with Crippen LogP contribution in [0.4, 0.5) is 8.78 Å². The minimum Gasteiger partial charge on any atom is -0.493 e. The molecule has 8 heteroatoms. The van der Waals surface area contributed by atoms with Crippen molar-refractivity contribution in [3.05, 3.63) is 59.2 Å². The summed E-state index contributed by atoms with van der Waals surface area (Å²) in [5.74, 6) is 0.164. The summed E-state index contributed by atoms with van der Waals surface area (Å²) in [4.78, 5) is 4.17. The number of hydrogen-bond acceptors (Lipinski definition) is 3. The van der Waals surface area contributed by atoms with Crippen molar-refractivity contribution in [1.82, 2.24) is 10.6 Å². The highest BCUT2D eigenvalue weighted by atomic mass is 127. The minimum atomic E-state index is -0.870. The number of rotatable bonds is 7. The van der Waals surface area contributed by atoms with Crippen molar-refractivity contribution >= 4 is 29.9 Å². The number of benzene rings is 2. The molecular weight excluding hydrogens is 479 g/mol. The van der Waals surface area contributed by atoms with E-state index in [1.165, 1.54) is 6.07 Å². The Kier molecular flexibility index (Phi) is 9.98. The van der Waals surface area contributed by atoms with Crippen LogP contribution in [0.2, 0.25) is 0 Å². The molecular formula is C20H26F2IN3O2. The predicted molar refractivity (Wildman–Crippen MR) is 118 cm³/mol. The second-order valence-corrected chi connectivity index (χ2v) is 5.88. The first kappa shape index (κ1) is 23.9. The molecule has 0 aliphatic heterocycles. The van der Waals surface area contributed by atoms with E-state index in [9.17, 15) is 8.78 Å². The van der Waals surface area contributed by atoms with Crippen LogP contribution in [0, 0.1) is 11.6 Å². The normalized spacial score (nSPS) is 12.0. The summed E-state index contributed by atoms with van der Waals surface area (Å²) in [7, 11) is 3.24. The van der Waals surface area contributed by atoms with Crippen LogP contribution in [0.3, 0.4) is 0 Å². The van der Waals surface area contributed by atoms with Crippen LogP contribution in [0.15, 0.2) is 41.4 Å². The lowest BCUT2D eigenvalue weighted by molar-refractivity contribution is 0.310. The fourth-order valence-corrected chi connectivity index (χ4v) is 2.55. The van der Waals surface area contributed by atoms with Gasteiger partial charge in [0, 0.05) is 13.6 Å². The number of aliphatic imine (C=N–C) groups is 1. The Morgan fingerprint density at radius 1 is 1.11 bits per heavy atom. The largest absolute Gasteiger partial charge is 0.493 e. The Bertz CT molecular complexity index is 803. The number of ether oxygens (including phenoxy) is 2. The van der Waals surface area contributed by atoms with Gasteiger partial charge in [-0.15, -0.1) is 24.0 Å². The van der Waals surface area contributed by atoms with Gasteiger partial charge in [-0.3, -0.25) is 4.99 Å². The van der Waals surface area contributed by atoms with Gasteiger partial charge in [0.05, 0.1) is 19.8 Å². The Balaban J connectivity index is 0.00000392. The molecule has 28 heavy (non-hydrogen) atoms. The quantitative estimate of drug-likeness (QED) is 0.333. The molecule has 0 fully saturated rings. The zero-order valence-corrected chi connectivity index (χ0v) is 18.7. The molecule has 0 aliphatic carbocycles. The summed E-state index contributed by atoms with van der Waals surface area (Å²) < 4.78 is 37.4. The van der Waals surface area contributed by atoms with Gasteiger partial charge in [-0.25, -0.2) is 8.78 Å². The van der Waals surface area contributed by atoms with Gasteiger partial charge in [0.25, 0.3) is 0 Å². The fraction of sp³-hybridized carbons (Fsp3) is 0.350. The molecule has 0 saturated carbocycles. The molecule has 5 nitrogen and oxygen atoms in total. The summed E-state index contributed by atoms with van der Waals surface area (Å²) in [5, 5.41) is 6.35. The van der Waals surface area contributed by atoms with Crippen molar-refractivity contribution < 1.29 is 18.3 Å². The lowest BCUT2D eigenvalue weighted by Crippen LogP contribution is -2.38. The van der Waals surface area contributed by atoms with Crippen molar-refractivity contribution in [2.45, 2.75) is 26.4 Å². The van der Waals surface area contributed by atoms with Crippen LogP contribution in [-0.4, -0.2) is 26.7 Å². The molecule has 2 aromatic rings. The van der Waals surface area contributed by atoms with Crippen molar-refractivity contribution in [2.24, 2.45) is 4.99 Å². The maximum absolute atomic E-state index is 13.4. The van der Waals surface area contributed by atoms with Crippen molar-refractivity contribution in [3.63, 3.8) is 0 Å². The minimum absolute atomic E-state index is 0. The van der Waals surface area contributed by atoms with E-state index in [2.05, 4.69) is 15.6 Å². The highest BCUT2D eigenvalue weighted by Crippen LogP contribution is 2.28. The molecule has 0 radical (unpaired) electrons. The second kappa shape index (κ2) is 11.7. The summed E-state index contributed by atoms with van der Waals surface area (Å²) in [6, 6.07) is 9.27. The van der Waals surface area contributed by atoms with E-state index in [4.69, 9.17) is 9.47 Å². The Morgan fingerprint density at radius 2 is 1.86 bits per heavy atom. The molecule has 0 amide bonds. The summed E-state index contributed by atoms with van der Waals surface area (Å²) in [5.41, 5.74) is 1.61. The number of halogens is 3. The van der Waals surface area contributed by atoms with Gasteiger partial charge in [0.15, 0.2) is 29.1 Å². The standard InChI is InChI=1S/C20H25F2N3O2.HI/c1-5-27-19-10-14(6-9-18(19)26-4)12-24-20(23-3)25-13(2)15-7-8-16(21)17(22)11-15;/h6-11,13H,5,12H2,1-4H3,(H2,23,24,25);1H.